The van der Waals surface area contributed by atoms with Gasteiger partial charge in [0.25, 0.3) is 0 Å². The second kappa shape index (κ2) is 7.70. The van der Waals surface area contributed by atoms with Crippen LogP contribution >= 0.6 is 11.6 Å². The van der Waals surface area contributed by atoms with Gasteiger partial charge >= 0.3 is 0 Å². The van der Waals surface area contributed by atoms with Crippen molar-refractivity contribution in [2.24, 2.45) is 0 Å². The molecule has 0 atom stereocenters. The summed E-state index contributed by atoms with van der Waals surface area (Å²) >= 11 is 6.25. The van der Waals surface area contributed by atoms with Gasteiger partial charge in [0, 0.05) is 12.6 Å². The molecule has 5 nitrogen and oxygen atoms in total. The van der Waals surface area contributed by atoms with Crippen molar-refractivity contribution in [1.82, 2.24) is 10.2 Å². The molecule has 0 bridgehead atoms. The molecule has 122 valence electrons. The van der Waals surface area contributed by atoms with Gasteiger partial charge in [-0.05, 0) is 38.1 Å². The molecular weight excluding hydrogens is 304 g/mol. The second-order valence-corrected chi connectivity index (χ2v) is 6.03. The molecule has 0 radical (unpaired) electrons. The number of halogens is 1. The van der Waals surface area contributed by atoms with E-state index in [0.29, 0.717) is 42.8 Å². The highest BCUT2D eigenvalue weighted by Crippen LogP contribution is 2.38. The Bertz CT molecular complexity index is 534. The van der Waals surface area contributed by atoms with Crippen LogP contribution in [0.4, 0.5) is 0 Å². The fourth-order valence-electron chi connectivity index (χ4n) is 2.36. The molecule has 1 aromatic carbocycles. The number of carbonyl (C=O) groups is 1. The lowest BCUT2D eigenvalue weighted by atomic mass is 10.1. The van der Waals surface area contributed by atoms with Crippen LogP contribution < -0.4 is 14.8 Å². The van der Waals surface area contributed by atoms with Gasteiger partial charge in [0.05, 0.1) is 11.6 Å². The maximum atomic E-state index is 11.9. The molecule has 0 aliphatic carbocycles. The number of nitrogens with one attached hydrogen (secondary N) is 1. The topological polar surface area (TPSA) is 50.8 Å². The van der Waals surface area contributed by atoms with Gasteiger partial charge in [-0.2, -0.15) is 0 Å². The Morgan fingerprint density at radius 1 is 1.36 bits per heavy atom. The summed E-state index contributed by atoms with van der Waals surface area (Å²) in [5.41, 5.74) is 1.01. The van der Waals surface area contributed by atoms with Gasteiger partial charge in [0.2, 0.25) is 5.91 Å². The molecule has 6 heteroatoms. The molecule has 0 fully saturated rings. The van der Waals surface area contributed by atoms with Crippen molar-refractivity contribution < 1.29 is 14.3 Å². The van der Waals surface area contributed by atoms with Crippen molar-refractivity contribution in [2.75, 3.05) is 26.3 Å². The fourth-order valence-corrected chi connectivity index (χ4v) is 2.65. The van der Waals surface area contributed by atoms with E-state index < -0.39 is 0 Å². The van der Waals surface area contributed by atoms with Crippen LogP contribution in [0.3, 0.4) is 0 Å². The van der Waals surface area contributed by atoms with Gasteiger partial charge < -0.3 is 14.8 Å². The largest absolute Gasteiger partial charge is 0.486 e. The average Bonchev–Trinajstić information content (AvgIpc) is 2.45. The summed E-state index contributed by atoms with van der Waals surface area (Å²) in [6.07, 6.45) is 0. The van der Waals surface area contributed by atoms with Crippen LogP contribution in [-0.2, 0) is 11.3 Å². The molecule has 0 saturated carbocycles. The minimum atomic E-state index is 0.0282. The third kappa shape index (κ3) is 4.52. The number of fused-ring (bicyclic) bond motifs is 1. The van der Waals surface area contributed by atoms with Crippen LogP contribution in [0.5, 0.6) is 11.5 Å². The highest BCUT2D eigenvalue weighted by atomic mass is 35.5. The first-order chi connectivity index (χ1) is 10.5. The fraction of sp³-hybridized carbons (Fsp3) is 0.562. The summed E-state index contributed by atoms with van der Waals surface area (Å²) in [4.78, 5) is 13.9. The molecule has 1 N–H and O–H groups in total. The maximum Gasteiger partial charge on any atom is 0.234 e. The van der Waals surface area contributed by atoms with E-state index in [1.807, 2.05) is 32.9 Å². The summed E-state index contributed by atoms with van der Waals surface area (Å²) in [6, 6.07) is 3.96. The second-order valence-electron chi connectivity index (χ2n) is 5.63. The standard InChI is InChI=1S/C16H23ClN2O3/c1-4-19(10-15(20)18-11(2)3)9-12-7-13(17)16-14(8-12)21-5-6-22-16/h7-8,11H,4-6,9-10H2,1-3H3,(H,18,20). The van der Waals surface area contributed by atoms with Crippen molar-refractivity contribution >= 4 is 17.5 Å². The Morgan fingerprint density at radius 2 is 2.09 bits per heavy atom. The number of ether oxygens (including phenoxy) is 2. The minimum absolute atomic E-state index is 0.0282. The van der Waals surface area contributed by atoms with E-state index in [2.05, 4.69) is 10.2 Å². The van der Waals surface area contributed by atoms with Gasteiger partial charge in [0.15, 0.2) is 11.5 Å². The molecule has 0 saturated heterocycles. The summed E-state index contributed by atoms with van der Waals surface area (Å²) in [7, 11) is 0. The van der Waals surface area contributed by atoms with Gasteiger partial charge in [-0.3, -0.25) is 9.69 Å². The number of carbonyl (C=O) groups excluding carboxylic acids is 1. The zero-order valence-corrected chi connectivity index (χ0v) is 14.1. The summed E-state index contributed by atoms with van der Waals surface area (Å²) in [6.45, 7) is 8.76. The average molecular weight is 327 g/mol. The number of nitrogens with zero attached hydrogens (tertiary/aromatic N) is 1. The van der Waals surface area contributed by atoms with Crippen molar-refractivity contribution in [3.8, 4) is 11.5 Å². The first kappa shape index (κ1) is 16.9. The molecule has 1 aliphatic heterocycles. The number of amides is 1. The van der Waals surface area contributed by atoms with Crippen molar-refractivity contribution in [2.45, 2.75) is 33.4 Å². The van der Waals surface area contributed by atoms with Gasteiger partial charge in [0.1, 0.15) is 13.2 Å². The summed E-state index contributed by atoms with van der Waals surface area (Å²) in [5.74, 6) is 1.31. The van der Waals surface area contributed by atoms with Crippen LogP contribution in [0, 0.1) is 0 Å². The smallest absolute Gasteiger partial charge is 0.234 e. The van der Waals surface area contributed by atoms with Crippen LogP contribution in [0.25, 0.3) is 0 Å². The van der Waals surface area contributed by atoms with E-state index in [4.69, 9.17) is 21.1 Å². The first-order valence-electron chi connectivity index (χ1n) is 7.59. The third-order valence-corrected chi connectivity index (χ3v) is 3.61. The molecule has 1 amide bonds. The van der Waals surface area contributed by atoms with Crippen molar-refractivity contribution in [1.29, 1.82) is 0 Å². The number of hydrogen-bond donors (Lipinski definition) is 1. The van der Waals surface area contributed by atoms with Gasteiger partial charge in [-0.1, -0.05) is 18.5 Å². The Balaban J connectivity index is 2.04. The van der Waals surface area contributed by atoms with Crippen LogP contribution in [0.1, 0.15) is 26.3 Å². The molecule has 1 aromatic rings. The van der Waals surface area contributed by atoms with Gasteiger partial charge in [-0.15, -0.1) is 0 Å². The predicted molar refractivity (Wildman–Crippen MR) is 86.7 cm³/mol. The number of hydrogen-bond acceptors (Lipinski definition) is 4. The molecule has 22 heavy (non-hydrogen) atoms. The Labute approximate surface area is 136 Å². The van der Waals surface area contributed by atoms with E-state index in [1.54, 1.807) is 0 Å². The monoisotopic (exact) mass is 326 g/mol. The zero-order valence-electron chi connectivity index (χ0n) is 13.3. The molecule has 2 rings (SSSR count). The number of likely N-dealkylation sites (N-methyl/N-ethyl adjacent to an activating group) is 1. The minimum Gasteiger partial charge on any atom is -0.486 e. The van der Waals surface area contributed by atoms with E-state index in [-0.39, 0.29) is 11.9 Å². The Hall–Kier alpha value is -1.46. The van der Waals surface area contributed by atoms with Crippen LogP contribution in [0.2, 0.25) is 5.02 Å². The number of rotatable bonds is 6. The lowest BCUT2D eigenvalue weighted by Crippen LogP contribution is -2.39. The highest BCUT2D eigenvalue weighted by Gasteiger charge is 2.18. The van der Waals surface area contributed by atoms with Crippen LogP contribution in [0.15, 0.2) is 12.1 Å². The van der Waals surface area contributed by atoms with E-state index in [1.165, 1.54) is 0 Å². The molecular formula is C16H23ClN2O3. The van der Waals surface area contributed by atoms with E-state index in [9.17, 15) is 4.79 Å². The lowest BCUT2D eigenvalue weighted by molar-refractivity contribution is -0.122. The molecule has 0 unspecified atom stereocenters. The van der Waals surface area contributed by atoms with Crippen LogP contribution in [-0.4, -0.2) is 43.2 Å². The SMILES string of the molecule is CCN(CC(=O)NC(C)C)Cc1cc(Cl)c2c(c1)OCCO2. The van der Waals surface area contributed by atoms with E-state index in [0.717, 1.165) is 12.1 Å². The first-order valence-corrected chi connectivity index (χ1v) is 7.97. The van der Waals surface area contributed by atoms with E-state index >= 15 is 0 Å². The molecule has 1 aliphatic rings. The number of benzene rings is 1. The normalized spacial score (nSPS) is 13.5. The summed E-state index contributed by atoms with van der Waals surface area (Å²) < 4.78 is 11.1. The highest BCUT2D eigenvalue weighted by molar-refractivity contribution is 6.32. The maximum absolute atomic E-state index is 11.9. The third-order valence-electron chi connectivity index (χ3n) is 3.33. The summed E-state index contributed by atoms with van der Waals surface area (Å²) in [5, 5.41) is 3.45. The predicted octanol–water partition coefficient (Wildman–Crippen LogP) is 2.46. The Morgan fingerprint density at radius 3 is 2.77 bits per heavy atom. The van der Waals surface area contributed by atoms with Gasteiger partial charge in [-0.25, -0.2) is 0 Å². The molecule has 0 aromatic heterocycles. The lowest BCUT2D eigenvalue weighted by Gasteiger charge is -2.23. The molecule has 0 spiro atoms. The van der Waals surface area contributed by atoms with Crippen molar-refractivity contribution in [3.63, 3.8) is 0 Å². The molecule has 1 heterocycles. The Kier molecular flexibility index (Phi) is 5.91. The zero-order chi connectivity index (χ0) is 16.1. The quantitative estimate of drug-likeness (QED) is 0.872. The van der Waals surface area contributed by atoms with Crippen molar-refractivity contribution in [3.05, 3.63) is 22.7 Å².